The summed E-state index contributed by atoms with van der Waals surface area (Å²) in [6, 6.07) is 0. The lowest BCUT2D eigenvalue weighted by atomic mass is 10.2. The number of carbonyl (C=O) groups excluding carboxylic acids is 3. The number of alkyl halides is 3. The van der Waals surface area contributed by atoms with Crippen molar-refractivity contribution >= 4 is 17.7 Å². The molecule has 1 aliphatic heterocycles. The number of amides is 3. The lowest BCUT2D eigenvalue weighted by Crippen LogP contribution is -2.51. The average molecular weight is 281 g/mol. The fourth-order valence-corrected chi connectivity index (χ4v) is 1.54. The monoisotopic (exact) mass is 281 g/mol. The van der Waals surface area contributed by atoms with Crippen LogP contribution < -0.4 is 10.6 Å². The molecule has 2 N–H and O–H groups in total. The van der Waals surface area contributed by atoms with E-state index in [1.165, 1.54) is 4.90 Å². The van der Waals surface area contributed by atoms with Gasteiger partial charge in [0.1, 0.15) is 0 Å². The van der Waals surface area contributed by atoms with Gasteiger partial charge in [0.05, 0.1) is 13.1 Å². The second-order valence-corrected chi connectivity index (χ2v) is 4.05. The Balaban J connectivity index is 2.15. The van der Waals surface area contributed by atoms with Crippen LogP contribution in [0.5, 0.6) is 0 Å². The molecule has 19 heavy (non-hydrogen) atoms. The van der Waals surface area contributed by atoms with E-state index in [2.05, 4.69) is 5.32 Å². The second-order valence-electron chi connectivity index (χ2n) is 4.05. The third-order valence-electron chi connectivity index (χ3n) is 2.52. The lowest BCUT2D eigenvalue weighted by Gasteiger charge is -2.26. The van der Waals surface area contributed by atoms with Crippen molar-refractivity contribution in [2.24, 2.45) is 0 Å². The van der Waals surface area contributed by atoms with Crippen molar-refractivity contribution in [2.45, 2.75) is 19.0 Å². The van der Waals surface area contributed by atoms with Gasteiger partial charge in [-0.2, -0.15) is 13.2 Å². The van der Waals surface area contributed by atoms with Crippen LogP contribution in [0.3, 0.4) is 0 Å². The van der Waals surface area contributed by atoms with Crippen LogP contribution in [-0.2, 0) is 14.4 Å². The highest BCUT2D eigenvalue weighted by atomic mass is 19.4. The van der Waals surface area contributed by atoms with Gasteiger partial charge in [-0.3, -0.25) is 14.4 Å². The first kappa shape index (κ1) is 15.3. The standard InChI is InChI=1S/C10H14F3N3O3/c11-10(12,13)9(19)14-3-1-2-4-16-6-7(17)15-5-8(16)18/h1-6H2,(H,14,19)(H,15,17). The van der Waals surface area contributed by atoms with Gasteiger partial charge in [0.2, 0.25) is 11.8 Å². The van der Waals surface area contributed by atoms with Gasteiger partial charge >= 0.3 is 12.1 Å². The highest BCUT2D eigenvalue weighted by Crippen LogP contribution is 2.13. The van der Waals surface area contributed by atoms with E-state index >= 15 is 0 Å². The molecule has 108 valence electrons. The molecule has 0 atom stereocenters. The molecule has 0 unspecified atom stereocenters. The minimum atomic E-state index is -4.87. The number of nitrogens with one attached hydrogen (secondary N) is 2. The number of nitrogens with zero attached hydrogens (tertiary/aromatic N) is 1. The Kier molecular flexibility index (Phi) is 5.13. The number of carbonyl (C=O) groups is 3. The van der Waals surface area contributed by atoms with E-state index in [0.29, 0.717) is 12.8 Å². The molecule has 1 heterocycles. The molecule has 0 aromatic carbocycles. The summed E-state index contributed by atoms with van der Waals surface area (Å²) in [5.41, 5.74) is 0. The first-order valence-corrected chi connectivity index (χ1v) is 5.70. The third kappa shape index (κ3) is 5.14. The summed E-state index contributed by atoms with van der Waals surface area (Å²) in [6.07, 6.45) is -4.16. The molecule has 6 nitrogen and oxygen atoms in total. The Morgan fingerprint density at radius 2 is 2.00 bits per heavy atom. The van der Waals surface area contributed by atoms with Crippen LogP contribution in [0.2, 0.25) is 0 Å². The van der Waals surface area contributed by atoms with Crippen molar-refractivity contribution in [1.29, 1.82) is 0 Å². The third-order valence-corrected chi connectivity index (χ3v) is 2.52. The van der Waals surface area contributed by atoms with Crippen molar-refractivity contribution in [2.75, 3.05) is 26.2 Å². The maximum absolute atomic E-state index is 11.8. The van der Waals surface area contributed by atoms with E-state index in [1.807, 2.05) is 0 Å². The van der Waals surface area contributed by atoms with Crippen LogP contribution in [0.4, 0.5) is 13.2 Å². The molecule has 0 bridgehead atoms. The Morgan fingerprint density at radius 3 is 2.63 bits per heavy atom. The van der Waals surface area contributed by atoms with Crippen molar-refractivity contribution in [3.63, 3.8) is 0 Å². The van der Waals surface area contributed by atoms with Gasteiger partial charge in [-0.1, -0.05) is 0 Å². The van der Waals surface area contributed by atoms with Crippen LogP contribution in [0.25, 0.3) is 0 Å². The number of unbranched alkanes of at least 4 members (excludes halogenated alkanes) is 1. The number of piperazine rings is 1. The summed E-state index contributed by atoms with van der Waals surface area (Å²) in [5.74, 6) is -2.45. The zero-order valence-electron chi connectivity index (χ0n) is 10.0. The fraction of sp³-hybridized carbons (Fsp3) is 0.700. The topological polar surface area (TPSA) is 78.5 Å². The summed E-state index contributed by atoms with van der Waals surface area (Å²) in [7, 11) is 0. The highest BCUT2D eigenvalue weighted by molar-refractivity contribution is 5.92. The highest BCUT2D eigenvalue weighted by Gasteiger charge is 2.38. The van der Waals surface area contributed by atoms with Crippen LogP contribution >= 0.6 is 0 Å². The van der Waals surface area contributed by atoms with Crippen LogP contribution in [0.15, 0.2) is 0 Å². The van der Waals surface area contributed by atoms with Gasteiger partial charge in [0, 0.05) is 13.1 Å². The summed E-state index contributed by atoms with van der Waals surface area (Å²) in [4.78, 5) is 34.2. The molecule has 0 saturated carbocycles. The first-order valence-electron chi connectivity index (χ1n) is 5.70. The quantitative estimate of drug-likeness (QED) is 0.661. The molecule has 1 aliphatic rings. The van der Waals surface area contributed by atoms with Crippen LogP contribution in [0, 0.1) is 0 Å². The summed E-state index contributed by atoms with van der Waals surface area (Å²) in [6.45, 7) is 0.0814. The number of hydrogen-bond donors (Lipinski definition) is 2. The van der Waals surface area contributed by atoms with E-state index < -0.39 is 12.1 Å². The Bertz CT molecular complexity index is 371. The lowest BCUT2D eigenvalue weighted by molar-refractivity contribution is -0.173. The first-order chi connectivity index (χ1) is 8.80. The van der Waals surface area contributed by atoms with Gasteiger partial charge < -0.3 is 15.5 Å². The smallest absolute Gasteiger partial charge is 0.348 e. The van der Waals surface area contributed by atoms with Crippen LogP contribution in [-0.4, -0.2) is 55.0 Å². The van der Waals surface area contributed by atoms with E-state index in [0.717, 1.165) is 0 Å². The van der Waals surface area contributed by atoms with Gasteiger partial charge in [-0.05, 0) is 12.8 Å². The molecule has 3 amide bonds. The molecule has 0 aromatic heterocycles. The molecular formula is C10H14F3N3O3. The van der Waals surface area contributed by atoms with Gasteiger partial charge in [-0.15, -0.1) is 0 Å². The van der Waals surface area contributed by atoms with E-state index in [9.17, 15) is 27.6 Å². The van der Waals surface area contributed by atoms with Gasteiger partial charge in [-0.25, -0.2) is 0 Å². The van der Waals surface area contributed by atoms with E-state index in [4.69, 9.17) is 0 Å². The maximum Gasteiger partial charge on any atom is 0.471 e. The normalized spacial score (nSPS) is 16.3. The minimum Gasteiger partial charge on any atom is -0.348 e. The zero-order valence-corrected chi connectivity index (χ0v) is 10.0. The SMILES string of the molecule is O=C1CN(CCCCNC(=O)C(F)(F)F)C(=O)CN1. The predicted octanol–water partition coefficient (Wildman–Crippen LogP) is -0.596. The number of halogens is 3. The number of hydrogen-bond acceptors (Lipinski definition) is 3. The molecule has 0 aliphatic carbocycles. The van der Waals surface area contributed by atoms with Crippen molar-refractivity contribution in [3.8, 4) is 0 Å². The average Bonchev–Trinajstić information content (AvgIpc) is 2.31. The molecular weight excluding hydrogens is 267 g/mol. The maximum atomic E-state index is 11.8. The van der Waals surface area contributed by atoms with Crippen LogP contribution in [0.1, 0.15) is 12.8 Å². The molecule has 1 saturated heterocycles. The Morgan fingerprint density at radius 1 is 1.32 bits per heavy atom. The van der Waals surface area contributed by atoms with Crippen molar-refractivity contribution in [3.05, 3.63) is 0 Å². The Hall–Kier alpha value is -1.80. The minimum absolute atomic E-state index is 0.0340. The molecule has 0 spiro atoms. The van der Waals surface area contributed by atoms with Crippen molar-refractivity contribution < 1.29 is 27.6 Å². The predicted molar refractivity (Wildman–Crippen MR) is 57.9 cm³/mol. The molecule has 1 rings (SSSR count). The summed E-state index contributed by atoms with van der Waals surface area (Å²) in [5, 5.41) is 4.12. The molecule has 0 radical (unpaired) electrons. The van der Waals surface area contributed by atoms with E-state index in [1.54, 1.807) is 5.32 Å². The fourth-order valence-electron chi connectivity index (χ4n) is 1.54. The molecule has 9 heteroatoms. The summed E-state index contributed by atoms with van der Waals surface area (Å²) >= 11 is 0. The van der Waals surface area contributed by atoms with Gasteiger partial charge in [0.25, 0.3) is 0 Å². The zero-order chi connectivity index (χ0) is 14.5. The molecule has 1 fully saturated rings. The number of rotatable bonds is 5. The van der Waals surface area contributed by atoms with Crippen molar-refractivity contribution in [1.82, 2.24) is 15.5 Å². The Labute approximate surface area is 107 Å². The van der Waals surface area contributed by atoms with E-state index in [-0.39, 0.29) is 38.0 Å². The largest absolute Gasteiger partial charge is 0.471 e. The van der Waals surface area contributed by atoms with Gasteiger partial charge in [0.15, 0.2) is 0 Å². The second kappa shape index (κ2) is 6.39. The summed E-state index contributed by atoms with van der Waals surface area (Å²) < 4.78 is 35.5. The molecule has 0 aromatic rings.